The molecule has 0 saturated heterocycles. The summed E-state index contributed by atoms with van der Waals surface area (Å²) < 4.78 is 1.89. The van der Waals surface area contributed by atoms with Crippen LogP contribution in [0.25, 0.3) is 0 Å². The molecule has 0 fully saturated rings. The number of thioether (sulfide) groups is 1. The Morgan fingerprint density at radius 1 is 1.26 bits per heavy atom. The van der Waals surface area contributed by atoms with Crippen molar-refractivity contribution in [1.29, 1.82) is 0 Å². The van der Waals surface area contributed by atoms with Crippen LogP contribution < -0.4 is 5.32 Å². The average molecular weight is 275 g/mol. The van der Waals surface area contributed by atoms with Crippen LogP contribution in [0.1, 0.15) is 31.0 Å². The third-order valence-corrected chi connectivity index (χ3v) is 3.80. The standard InChI is InChI=1S/C15H21N3S/c1-11(2)15-12(10-18(3)17-15)9-16-13-5-7-14(19-4)8-6-13/h5-8,10-11,16H,9H2,1-4H3. The van der Waals surface area contributed by atoms with Crippen LogP contribution in [0.4, 0.5) is 5.69 Å². The van der Waals surface area contributed by atoms with E-state index in [0.29, 0.717) is 5.92 Å². The summed E-state index contributed by atoms with van der Waals surface area (Å²) in [6.07, 6.45) is 4.19. The van der Waals surface area contributed by atoms with E-state index in [1.54, 1.807) is 11.8 Å². The molecule has 1 heterocycles. The molecule has 0 aliphatic rings. The van der Waals surface area contributed by atoms with Crippen molar-refractivity contribution in [3.63, 3.8) is 0 Å². The number of hydrogen-bond donors (Lipinski definition) is 1. The van der Waals surface area contributed by atoms with Crippen molar-refractivity contribution in [3.8, 4) is 0 Å². The van der Waals surface area contributed by atoms with Crippen molar-refractivity contribution in [2.24, 2.45) is 7.05 Å². The molecule has 0 unspecified atom stereocenters. The minimum absolute atomic E-state index is 0.455. The Balaban J connectivity index is 2.05. The number of benzene rings is 1. The predicted octanol–water partition coefficient (Wildman–Crippen LogP) is 3.88. The minimum Gasteiger partial charge on any atom is -0.381 e. The van der Waals surface area contributed by atoms with Gasteiger partial charge < -0.3 is 5.32 Å². The van der Waals surface area contributed by atoms with Gasteiger partial charge in [-0.1, -0.05) is 13.8 Å². The molecule has 1 aromatic heterocycles. The van der Waals surface area contributed by atoms with E-state index in [2.05, 4.69) is 61.0 Å². The zero-order valence-electron chi connectivity index (χ0n) is 12.0. The second-order valence-corrected chi connectivity index (χ2v) is 5.83. The highest BCUT2D eigenvalue weighted by Gasteiger charge is 2.10. The van der Waals surface area contributed by atoms with E-state index >= 15 is 0 Å². The fourth-order valence-corrected chi connectivity index (χ4v) is 2.49. The number of nitrogens with one attached hydrogen (secondary N) is 1. The highest BCUT2D eigenvalue weighted by molar-refractivity contribution is 7.98. The zero-order chi connectivity index (χ0) is 13.8. The molecule has 0 radical (unpaired) electrons. The van der Waals surface area contributed by atoms with Gasteiger partial charge in [0.05, 0.1) is 5.69 Å². The molecule has 19 heavy (non-hydrogen) atoms. The third kappa shape index (κ3) is 3.53. The summed E-state index contributed by atoms with van der Waals surface area (Å²) in [6.45, 7) is 5.18. The second kappa shape index (κ2) is 6.15. The first-order chi connectivity index (χ1) is 9.10. The van der Waals surface area contributed by atoms with E-state index in [0.717, 1.165) is 12.2 Å². The molecule has 1 N–H and O–H groups in total. The monoisotopic (exact) mass is 275 g/mol. The van der Waals surface area contributed by atoms with Crippen molar-refractivity contribution in [1.82, 2.24) is 9.78 Å². The Bertz CT molecular complexity index is 529. The van der Waals surface area contributed by atoms with Crippen LogP contribution in [0.3, 0.4) is 0 Å². The smallest absolute Gasteiger partial charge is 0.0699 e. The van der Waals surface area contributed by atoms with Gasteiger partial charge in [0.2, 0.25) is 0 Å². The largest absolute Gasteiger partial charge is 0.381 e. The lowest BCUT2D eigenvalue weighted by Crippen LogP contribution is -2.02. The molecule has 0 aliphatic heterocycles. The van der Waals surface area contributed by atoms with Gasteiger partial charge in [-0.2, -0.15) is 5.10 Å². The van der Waals surface area contributed by atoms with E-state index in [1.165, 1.54) is 16.2 Å². The number of rotatable bonds is 5. The maximum Gasteiger partial charge on any atom is 0.0699 e. The van der Waals surface area contributed by atoms with Crippen molar-refractivity contribution in [3.05, 3.63) is 41.7 Å². The Morgan fingerprint density at radius 2 is 1.95 bits per heavy atom. The Kier molecular flexibility index (Phi) is 4.53. The van der Waals surface area contributed by atoms with Crippen LogP contribution in [0.15, 0.2) is 35.4 Å². The highest BCUT2D eigenvalue weighted by Crippen LogP contribution is 2.20. The lowest BCUT2D eigenvalue weighted by molar-refractivity contribution is 0.712. The molecule has 0 aliphatic carbocycles. The lowest BCUT2D eigenvalue weighted by Gasteiger charge is -2.08. The first-order valence-corrected chi connectivity index (χ1v) is 7.73. The molecule has 2 rings (SSSR count). The van der Waals surface area contributed by atoms with Gasteiger partial charge in [-0.25, -0.2) is 0 Å². The molecule has 4 heteroatoms. The Labute approximate surface area is 119 Å². The van der Waals surface area contributed by atoms with Gasteiger partial charge in [-0.15, -0.1) is 11.8 Å². The molecule has 0 atom stereocenters. The van der Waals surface area contributed by atoms with E-state index in [9.17, 15) is 0 Å². The Hall–Kier alpha value is -1.42. The topological polar surface area (TPSA) is 29.9 Å². The highest BCUT2D eigenvalue weighted by atomic mass is 32.2. The molecule has 0 saturated carbocycles. The number of aryl methyl sites for hydroxylation is 1. The first-order valence-electron chi connectivity index (χ1n) is 6.50. The van der Waals surface area contributed by atoms with Crippen LogP contribution in [-0.2, 0) is 13.6 Å². The summed E-state index contributed by atoms with van der Waals surface area (Å²) in [7, 11) is 1.97. The molecule has 2 aromatic rings. The maximum atomic E-state index is 4.52. The molecular formula is C15H21N3S. The summed E-state index contributed by atoms with van der Waals surface area (Å²) in [5.41, 5.74) is 3.60. The quantitative estimate of drug-likeness (QED) is 0.840. The molecule has 0 bridgehead atoms. The molecule has 0 spiro atoms. The molecular weight excluding hydrogens is 254 g/mol. The van der Waals surface area contributed by atoms with Crippen LogP contribution >= 0.6 is 11.8 Å². The molecule has 0 amide bonds. The summed E-state index contributed by atoms with van der Waals surface area (Å²) in [5.74, 6) is 0.455. The number of hydrogen-bond acceptors (Lipinski definition) is 3. The van der Waals surface area contributed by atoms with Gasteiger partial charge in [-0.05, 0) is 36.4 Å². The summed E-state index contributed by atoms with van der Waals surface area (Å²) in [4.78, 5) is 1.29. The number of anilines is 1. The molecule has 102 valence electrons. The van der Waals surface area contributed by atoms with Crippen LogP contribution in [0.5, 0.6) is 0 Å². The summed E-state index contributed by atoms with van der Waals surface area (Å²) >= 11 is 1.76. The molecule has 1 aromatic carbocycles. The summed E-state index contributed by atoms with van der Waals surface area (Å²) in [5, 5.41) is 7.98. The maximum absolute atomic E-state index is 4.52. The van der Waals surface area contributed by atoms with Gasteiger partial charge in [0, 0.05) is 35.9 Å². The van der Waals surface area contributed by atoms with Crippen molar-refractivity contribution < 1.29 is 0 Å². The lowest BCUT2D eigenvalue weighted by atomic mass is 10.1. The van der Waals surface area contributed by atoms with Crippen LogP contribution in [0.2, 0.25) is 0 Å². The van der Waals surface area contributed by atoms with Gasteiger partial charge in [0.1, 0.15) is 0 Å². The van der Waals surface area contributed by atoms with Crippen LogP contribution in [0, 0.1) is 0 Å². The van der Waals surface area contributed by atoms with E-state index < -0.39 is 0 Å². The van der Waals surface area contributed by atoms with E-state index in [1.807, 2.05) is 11.7 Å². The number of nitrogens with zero attached hydrogens (tertiary/aromatic N) is 2. The fourth-order valence-electron chi connectivity index (χ4n) is 2.08. The average Bonchev–Trinajstić information content (AvgIpc) is 2.78. The predicted molar refractivity (Wildman–Crippen MR) is 82.8 cm³/mol. The fraction of sp³-hybridized carbons (Fsp3) is 0.400. The normalized spacial score (nSPS) is 11.0. The zero-order valence-corrected chi connectivity index (χ0v) is 12.8. The SMILES string of the molecule is CSc1ccc(NCc2cn(C)nc2C(C)C)cc1. The van der Waals surface area contributed by atoms with Crippen molar-refractivity contribution >= 4 is 17.4 Å². The number of aromatic nitrogens is 2. The summed E-state index contributed by atoms with van der Waals surface area (Å²) in [6, 6.07) is 8.52. The second-order valence-electron chi connectivity index (χ2n) is 4.95. The van der Waals surface area contributed by atoms with Gasteiger partial charge in [-0.3, -0.25) is 4.68 Å². The van der Waals surface area contributed by atoms with Crippen LogP contribution in [-0.4, -0.2) is 16.0 Å². The van der Waals surface area contributed by atoms with Crippen molar-refractivity contribution in [2.75, 3.05) is 11.6 Å². The Morgan fingerprint density at radius 3 is 2.53 bits per heavy atom. The first kappa shape index (κ1) is 14.0. The van der Waals surface area contributed by atoms with E-state index in [4.69, 9.17) is 0 Å². The third-order valence-electron chi connectivity index (χ3n) is 3.06. The minimum atomic E-state index is 0.455. The molecule has 3 nitrogen and oxygen atoms in total. The van der Waals surface area contributed by atoms with E-state index in [-0.39, 0.29) is 0 Å². The van der Waals surface area contributed by atoms with Gasteiger partial charge >= 0.3 is 0 Å². The van der Waals surface area contributed by atoms with Gasteiger partial charge in [0.15, 0.2) is 0 Å². The van der Waals surface area contributed by atoms with Crippen molar-refractivity contribution in [2.45, 2.75) is 31.2 Å². The van der Waals surface area contributed by atoms with Gasteiger partial charge in [0.25, 0.3) is 0 Å².